The number of Topliss-reactive ketones (excluding diaryl/α,β-unsaturated/α-hetero) is 1. The average Bonchev–Trinajstić information content (AvgIpc) is 2.98. The van der Waals surface area contributed by atoms with Crippen molar-refractivity contribution in [3.8, 4) is 0 Å². The van der Waals surface area contributed by atoms with Crippen molar-refractivity contribution in [2.24, 2.45) is 5.73 Å². The number of hydrogen-bond donors (Lipinski definition) is 1. The van der Waals surface area contributed by atoms with Crippen LogP contribution in [-0.2, 0) is 10.2 Å². The maximum Gasteiger partial charge on any atom is 0.143 e. The maximum absolute atomic E-state index is 12.8. The Labute approximate surface area is 122 Å². The molecule has 0 spiro atoms. The summed E-state index contributed by atoms with van der Waals surface area (Å²) in [5.41, 5.74) is 6.97. The molecule has 0 saturated heterocycles. The smallest absolute Gasteiger partial charge is 0.143 e. The molecule has 2 N–H and O–H groups in total. The van der Waals surface area contributed by atoms with Crippen LogP contribution < -0.4 is 5.73 Å². The van der Waals surface area contributed by atoms with Crippen molar-refractivity contribution in [3.63, 3.8) is 0 Å². The van der Waals surface area contributed by atoms with E-state index in [0.29, 0.717) is 12.2 Å². The summed E-state index contributed by atoms with van der Waals surface area (Å²) in [6.45, 7) is 2.11. The molecule has 0 heterocycles. The Morgan fingerprint density at radius 2 is 1.90 bits per heavy atom. The molecule has 0 radical (unpaired) electrons. The van der Waals surface area contributed by atoms with Crippen LogP contribution in [0, 0.1) is 0 Å². The second-order valence-corrected chi connectivity index (χ2v) is 6.14. The van der Waals surface area contributed by atoms with Gasteiger partial charge in [0, 0.05) is 12.5 Å². The predicted octanol–water partition coefficient (Wildman–Crippen LogP) is 3.98. The molecule has 1 aliphatic carbocycles. The molecule has 0 aromatic heterocycles. The van der Waals surface area contributed by atoms with E-state index in [1.165, 1.54) is 18.4 Å². The second kappa shape index (κ2) is 7.03. The van der Waals surface area contributed by atoms with Gasteiger partial charge in [0.15, 0.2) is 0 Å². The summed E-state index contributed by atoms with van der Waals surface area (Å²) < 4.78 is 0. The van der Waals surface area contributed by atoms with Crippen molar-refractivity contribution in [1.29, 1.82) is 0 Å². The minimum atomic E-state index is -0.197. The van der Waals surface area contributed by atoms with Crippen LogP contribution in [0.2, 0.25) is 0 Å². The van der Waals surface area contributed by atoms with E-state index in [1.807, 2.05) is 6.07 Å². The van der Waals surface area contributed by atoms with Crippen molar-refractivity contribution in [3.05, 3.63) is 35.9 Å². The summed E-state index contributed by atoms with van der Waals surface area (Å²) in [6.07, 6.45) is 7.98. The van der Waals surface area contributed by atoms with Crippen LogP contribution in [0.1, 0.15) is 63.9 Å². The predicted molar refractivity (Wildman–Crippen MR) is 83.7 cm³/mol. The molecule has 0 aliphatic heterocycles. The lowest BCUT2D eigenvalue weighted by Crippen LogP contribution is -2.33. The second-order valence-electron chi connectivity index (χ2n) is 6.14. The Bertz CT molecular complexity index is 420. The highest BCUT2D eigenvalue weighted by atomic mass is 16.1. The van der Waals surface area contributed by atoms with Gasteiger partial charge in [0.1, 0.15) is 5.78 Å². The van der Waals surface area contributed by atoms with Crippen LogP contribution in [0.4, 0.5) is 0 Å². The normalized spacial score (nSPS) is 18.9. The molecule has 1 aromatic carbocycles. The van der Waals surface area contributed by atoms with Gasteiger partial charge in [-0.3, -0.25) is 4.79 Å². The van der Waals surface area contributed by atoms with Gasteiger partial charge in [-0.25, -0.2) is 0 Å². The molecule has 110 valence electrons. The van der Waals surface area contributed by atoms with Crippen LogP contribution in [-0.4, -0.2) is 11.8 Å². The summed E-state index contributed by atoms with van der Waals surface area (Å²) in [5.74, 6) is 0.435. The Hall–Kier alpha value is -1.15. The molecule has 0 amide bonds. The molecular formula is C18H27NO. The minimum Gasteiger partial charge on any atom is -0.328 e. The molecule has 0 bridgehead atoms. The van der Waals surface area contributed by atoms with Gasteiger partial charge in [0.25, 0.3) is 0 Å². The standard InChI is InChI=1S/C18H27NO/c1-2-16(19)11-8-12-17(20)18(13-6-7-14-18)15-9-4-3-5-10-15/h3-5,9-10,16H,2,6-8,11-14,19H2,1H3. The number of nitrogens with two attached hydrogens (primary N) is 1. The SMILES string of the molecule is CCC(N)CCCC(=O)C1(c2ccccc2)CCCC1. The van der Waals surface area contributed by atoms with Gasteiger partial charge in [-0.2, -0.15) is 0 Å². The molecule has 1 aromatic rings. The average molecular weight is 273 g/mol. The number of carbonyl (C=O) groups is 1. The van der Waals surface area contributed by atoms with Gasteiger partial charge in [0.05, 0.1) is 5.41 Å². The van der Waals surface area contributed by atoms with E-state index >= 15 is 0 Å². The van der Waals surface area contributed by atoms with Crippen molar-refractivity contribution >= 4 is 5.78 Å². The first-order valence-corrected chi connectivity index (χ1v) is 8.03. The Morgan fingerprint density at radius 1 is 1.25 bits per heavy atom. The van der Waals surface area contributed by atoms with Gasteiger partial charge >= 0.3 is 0 Å². The number of carbonyl (C=O) groups excluding carboxylic acids is 1. The molecule has 2 heteroatoms. The number of ketones is 1. The van der Waals surface area contributed by atoms with E-state index in [4.69, 9.17) is 5.73 Å². The van der Waals surface area contributed by atoms with Crippen LogP contribution in [0.15, 0.2) is 30.3 Å². The van der Waals surface area contributed by atoms with Gasteiger partial charge in [-0.15, -0.1) is 0 Å². The maximum atomic E-state index is 12.8. The minimum absolute atomic E-state index is 0.197. The lowest BCUT2D eigenvalue weighted by Gasteiger charge is -2.28. The third-order valence-electron chi connectivity index (χ3n) is 4.82. The van der Waals surface area contributed by atoms with Crippen molar-refractivity contribution in [1.82, 2.24) is 0 Å². The van der Waals surface area contributed by atoms with E-state index < -0.39 is 0 Å². The zero-order chi connectivity index (χ0) is 14.4. The molecule has 20 heavy (non-hydrogen) atoms. The summed E-state index contributed by atoms with van der Waals surface area (Å²) >= 11 is 0. The fourth-order valence-electron chi connectivity index (χ4n) is 3.43. The molecule has 1 atom stereocenters. The summed E-state index contributed by atoms with van der Waals surface area (Å²) in [5, 5.41) is 0. The summed E-state index contributed by atoms with van der Waals surface area (Å²) in [7, 11) is 0. The number of benzene rings is 1. The van der Waals surface area contributed by atoms with Gasteiger partial charge in [0.2, 0.25) is 0 Å². The van der Waals surface area contributed by atoms with E-state index in [1.54, 1.807) is 0 Å². The zero-order valence-electron chi connectivity index (χ0n) is 12.6. The van der Waals surface area contributed by atoms with Crippen LogP contribution >= 0.6 is 0 Å². The lowest BCUT2D eigenvalue weighted by molar-refractivity contribution is -0.124. The third-order valence-corrected chi connectivity index (χ3v) is 4.82. The first-order chi connectivity index (χ1) is 9.69. The molecule has 1 unspecified atom stereocenters. The fraction of sp³-hybridized carbons (Fsp3) is 0.611. The van der Waals surface area contributed by atoms with Crippen molar-refractivity contribution in [2.45, 2.75) is 69.7 Å². The Balaban J connectivity index is 2.03. The van der Waals surface area contributed by atoms with Crippen molar-refractivity contribution < 1.29 is 4.79 Å². The topological polar surface area (TPSA) is 43.1 Å². The molecule has 1 aliphatic rings. The lowest BCUT2D eigenvalue weighted by atomic mass is 9.74. The van der Waals surface area contributed by atoms with Crippen LogP contribution in [0.3, 0.4) is 0 Å². The molecule has 2 rings (SSSR count). The van der Waals surface area contributed by atoms with Crippen LogP contribution in [0.5, 0.6) is 0 Å². The molecule has 1 saturated carbocycles. The van der Waals surface area contributed by atoms with Gasteiger partial charge in [-0.05, 0) is 37.7 Å². The highest BCUT2D eigenvalue weighted by molar-refractivity contribution is 5.90. The van der Waals surface area contributed by atoms with Gasteiger partial charge in [-0.1, -0.05) is 50.1 Å². The zero-order valence-corrected chi connectivity index (χ0v) is 12.6. The monoisotopic (exact) mass is 273 g/mol. The fourth-order valence-corrected chi connectivity index (χ4v) is 3.43. The van der Waals surface area contributed by atoms with Gasteiger partial charge < -0.3 is 5.73 Å². The number of rotatable bonds is 7. The Kier molecular flexibility index (Phi) is 5.36. The van der Waals surface area contributed by atoms with E-state index in [2.05, 4.69) is 31.2 Å². The molecular weight excluding hydrogens is 246 g/mol. The first-order valence-electron chi connectivity index (χ1n) is 8.03. The largest absolute Gasteiger partial charge is 0.328 e. The van der Waals surface area contributed by atoms with E-state index in [0.717, 1.165) is 32.1 Å². The Morgan fingerprint density at radius 3 is 2.50 bits per heavy atom. The third kappa shape index (κ3) is 3.29. The first kappa shape index (κ1) is 15.2. The van der Waals surface area contributed by atoms with Crippen molar-refractivity contribution in [2.75, 3.05) is 0 Å². The molecule has 2 nitrogen and oxygen atoms in total. The summed E-state index contributed by atoms with van der Waals surface area (Å²) in [4.78, 5) is 12.8. The quantitative estimate of drug-likeness (QED) is 0.816. The highest BCUT2D eigenvalue weighted by Gasteiger charge is 2.41. The van der Waals surface area contributed by atoms with E-state index in [9.17, 15) is 4.79 Å². The highest BCUT2D eigenvalue weighted by Crippen LogP contribution is 2.42. The number of hydrogen-bond acceptors (Lipinski definition) is 2. The van der Waals surface area contributed by atoms with Crippen LogP contribution in [0.25, 0.3) is 0 Å². The molecule has 1 fully saturated rings. The summed E-state index contributed by atoms with van der Waals surface area (Å²) in [6, 6.07) is 10.6. The van der Waals surface area contributed by atoms with E-state index in [-0.39, 0.29) is 11.5 Å².